The average molecular weight is 382 g/mol. The van der Waals surface area contributed by atoms with Crippen molar-refractivity contribution in [3.63, 3.8) is 0 Å². The quantitative estimate of drug-likeness (QED) is 0.373. The third kappa shape index (κ3) is 4.11. The van der Waals surface area contributed by atoms with Crippen molar-refractivity contribution in [1.29, 1.82) is 0 Å². The van der Waals surface area contributed by atoms with Crippen LogP contribution in [0.1, 0.15) is 0 Å². The standard InChI is InChI=1S/C24H20B.C2H7P/c1-5-13-21(14-6-1)25(22-15-7-2-8-16-22,23-17-9-3-10-18-23)24-19-11-4-12-20-24;1-3-2/h1-20H;3H,1-2H3/q-1;/p+1. The SMILES string of the molecule is C[PH2+]C.c1ccc([B-](c2ccccc2)(c2ccccc2)c2ccccc2)cc1. The fourth-order valence-electron chi connectivity index (χ4n) is 4.12. The first-order chi connectivity index (χ1) is 13.8. The first-order valence-corrected chi connectivity index (χ1v) is 12.3. The minimum Gasteiger partial charge on any atom is -0.195 e. The topological polar surface area (TPSA) is 0 Å². The van der Waals surface area contributed by atoms with Crippen LogP contribution in [-0.4, -0.2) is 19.5 Å². The molecule has 28 heavy (non-hydrogen) atoms. The van der Waals surface area contributed by atoms with Crippen LogP contribution in [0, 0.1) is 0 Å². The van der Waals surface area contributed by atoms with Crippen LogP contribution in [0.25, 0.3) is 0 Å². The molecule has 0 fully saturated rings. The van der Waals surface area contributed by atoms with Gasteiger partial charge in [0, 0.05) is 13.3 Å². The molecular weight excluding hydrogens is 354 g/mol. The lowest BCUT2D eigenvalue weighted by Crippen LogP contribution is -2.74. The molecule has 0 aromatic heterocycles. The zero-order valence-corrected chi connectivity index (χ0v) is 17.9. The van der Waals surface area contributed by atoms with E-state index in [0.717, 1.165) is 8.58 Å². The molecule has 0 aliphatic carbocycles. The third-order valence-corrected chi connectivity index (χ3v) is 5.20. The molecule has 0 aliphatic rings. The fraction of sp³-hybridized carbons (Fsp3) is 0.0769. The predicted octanol–water partition coefficient (Wildman–Crippen LogP) is 3.72. The largest absolute Gasteiger partial charge is 0.195 e. The maximum absolute atomic E-state index is 2.26. The van der Waals surface area contributed by atoms with Gasteiger partial charge in [0.15, 0.2) is 0 Å². The van der Waals surface area contributed by atoms with Gasteiger partial charge in [-0.2, -0.15) is 21.9 Å². The summed E-state index contributed by atoms with van der Waals surface area (Å²) in [5, 5.41) is 0. The van der Waals surface area contributed by atoms with Crippen molar-refractivity contribution in [2.45, 2.75) is 0 Å². The maximum atomic E-state index is 2.26. The zero-order chi connectivity index (χ0) is 19.7. The smallest absolute Gasteiger partial charge is 0.108 e. The first kappa shape index (κ1) is 20.1. The van der Waals surface area contributed by atoms with Crippen LogP contribution in [-0.2, 0) is 0 Å². The molecule has 0 bridgehead atoms. The summed E-state index contributed by atoms with van der Waals surface area (Å²) in [6.45, 7) is 4.42. The van der Waals surface area contributed by atoms with E-state index < -0.39 is 6.15 Å². The van der Waals surface area contributed by atoms with Gasteiger partial charge in [-0.05, 0) is 8.58 Å². The highest BCUT2D eigenvalue weighted by atomic mass is 31.1. The Morgan fingerprint density at radius 3 is 0.750 bits per heavy atom. The monoisotopic (exact) mass is 382 g/mol. The molecule has 0 unspecified atom stereocenters. The van der Waals surface area contributed by atoms with Gasteiger partial charge in [-0.15, -0.1) is 0 Å². The lowest BCUT2D eigenvalue weighted by molar-refractivity contribution is 1.66. The molecule has 4 rings (SSSR count). The molecule has 0 aliphatic heterocycles. The highest BCUT2D eigenvalue weighted by Crippen LogP contribution is 2.09. The Morgan fingerprint density at radius 2 is 0.571 bits per heavy atom. The molecule has 0 nitrogen and oxygen atoms in total. The first-order valence-electron chi connectivity index (χ1n) is 9.95. The molecular formula is C26H28BP. The van der Waals surface area contributed by atoms with Gasteiger partial charge < -0.3 is 0 Å². The van der Waals surface area contributed by atoms with E-state index in [-0.39, 0.29) is 0 Å². The van der Waals surface area contributed by atoms with Crippen LogP contribution in [0.5, 0.6) is 0 Å². The van der Waals surface area contributed by atoms with Gasteiger partial charge in [0.05, 0.1) is 0 Å². The number of hydrogen-bond donors (Lipinski definition) is 0. The van der Waals surface area contributed by atoms with Gasteiger partial charge in [0.25, 0.3) is 0 Å². The molecule has 0 heterocycles. The summed E-state index contributed by atoms with van der Waals surface area (Å²) in [7, 11) is 0.750. The second-order valence-electron chi connectivity index (χ2n) is 7.09. The van der Waals surface area contributed by atoms with E-state index in [0.29, 0.717) is 0 Å². The van der Waals surface area contributed by atoms with E-state index in [2.05, 4.69) is 135 Å². The summed E-state index contributed by atoms with van der Waals surface area (Å²) < 4.78 is 0. The van der Waals surface area contributed by atoms with Crippen LogP contribution in [0.4, 0.5) is 0 Å². The summed E-state index contributed by atoms with van der Waals surface area (Å²) in [6.07, 6.45) is -1.22. The Labute approximate surface area is 171 Å². The van der Waals surface area contributed by atoms with Gasteiger partial charge in [0.2, 0.25) is 0 Å². The van der Waals surface area contributed by atoms with E-state index in [1.54, 1.807) is 0 Å². The second kappa shape index (κ2) is 10.1. The van der Waals surface area contributed by atoms with E-state index in [4.69, 9.17) is 0 Å². The Kier molecular flexibility index (Phi) is 7.23. The van der Waals surface area contributed by atoms with E-state index in [1.165, 1.54) is 21.9 Å². The van der Waals surface area contributed by atoms with Crippen LogP contribution in [0.15, 0.2) is 121 Å². The summed E-state index contributed by atoms with van der Waals surface area (Å²) in [5.74, 6) is 0. The molecule has 0 saturated carbocycles. The summed E-state index contributed by atoms with van der Waals surface area (Å²) in [6, 6.07) is 43.5. The molecule has 4 aromatic rings. The Balaban J connectivity index is 0.000000706. The van der Waals surface area contributed by atoms with Crippen molar-refractivity contribution in [3.05, 3.63) is 121 Å². The van der Waals surface area contributed by atoms with Gasteiger partial charge in [0.1, 0.15) is 6.15 Å². The van der Waals surface area contributed by atoms with E-state index >= 15 is 0 Å². The molecule has 140 valence electrons. The Hall–Kier alpha value is -2.63. The highest BCUT2D eigenvalue weighted by Gasteiger charge is 2.30. The number of hydrogen-bond acceptors (Lipinski definition) is 0. The summed E-state index contributed by atoms with van der Waals surface area (Å²) in [5.41, 5.74) is 5.36. The molecule has 4 aromatic carbocycles. The lowest BCUT2D eigenvalue weighted by Gasteiger charge is -2.44. The highest BCUT2D eigenvalue weighted by molar-refractivity contribution is 7.35. The summed E-state index contributed by atoms with van der Waals surface area (Å²) in [4.78, 5) is 0. The van der Waals surface area contributed by atoms with Gasteiger partial charge >= 0.3 is 0 Å². The third-order valence-electron chi connectivity index (χ3n) is 5.20. The number of rotatable bonds is 4. The van der Waals surface area contributed by atoms with Crippen molar-refractivity contribution in [2.75, 3.05) is 13.3 Å². The van der Waals surface area contributed by atoms with Crippen molar-refractivity contribution in [1.82, 2.24) is 0 Å². The van der Waals surface area contributed by atoms with E-state index in [9.17, 15) is 0 Å². The van der Waals surface area contributed by atoms with Crippen LogP contribution >= 0.6 is 8.58 Å². The van der Waals surface area contributed by atoms with Crippen LogP contribution in [0.3, 0.4) is 0 Å². The Morgan fingerprint density at radius 1 is 0.393 bits per heavy atom. The molecule has 0 spiro atoms. The number of benzene rings is 4. The minimum absolute atomic E-state index is 0.750. The predicted molar refractivity (Wildman–Crippen MR) is 132 cm³/mol. The molecule has 0 N–H and O–H groups in total. The van der Waals surface area contributed by atoms with E-state index in [1.807, 2.05) is 0 Å². The molecule has 2 heteroatoms. The Bertz CT molecular complexity index is 775. The molecule has 0 radical (unpaired) electrons. The lowest BCUT2D eigenvalue weighted by atomic mass is 9.13. The van der Waals surface area contributed by atoms with Crippen LogP contribution < -0.4 is 21.9 Å². The average Bonchev–Trinajstić information content (AvgIpc) is 2.78. The van der Waals surface area contributed by atoms with Gasteiger partial charge in [-0.1, -0.05) is 121 Å². The van der Waals surface area contributed by atoms with Crippen molar-refractivity contribution < 1.29 is 0 Å². The molecule has 0 amide bonds. The zero-order valence-electron chi connectivity index (χ0n) is 16.7. The summed E-state index contributed by atoms with van der Waals surface area (Å²) >= 11 is 0. The van der Waals surface area contributed by atoms with Gasteiger partial charge in [-0.25, -0.2) is 0 Å². The molecule has 0 atom stereocenters. The fourth-order valence-corrected chi connectivity index (χ4v) is 4.12. The van der Waals surface area contributed by atoms with Crippen molar-refractivity contribution in [2.24, 2.45) is 0 Å². The molecule has 0 saturated heterocycles. The normalized spacial score (nSPS) is 10.6. The second-order valence-corrected chi connectivity index (χ2v) is 8.24. The van der Waals surface area contributed by atoms with Crippen molar-refractivity contribution >= 4 is 36.6 Å². The maximum Gasteiger partial charge on any atom is 0.108 e. The minimum atomic E-state index is -1.22. The van der Waals surface area contributed by atoms with Crippen molar-refractivity contribution in [3.8, 4) is 0 Å². The van der Waals surface area contributed by atoms with Gasteiger partial charge in [-0.3, -0.25) is 0 Å². The van der Waals surface area contributed by atoms with Crippen LogP contribution in [0.2, 0.25) is 0 Å².